The normalized spacial score (nSPS) is 26.3. The third-order valence-corrected chi connectivity index (χ3v) is 3.37. The van der Waals surface area contributed by atoms with Gasteiger partial charge in [0, 0.05) is 42.0 Å². The Morgan fingerprint density at radius 1 is 1.64 bits per heavy atom. The Morgan fingerprint density at radius 3 is 3.00 bits per heavy atom. The molecule has 3 unspecified atom stereocenters. The first-order valence-electron chi connectivity index (χ1n) is 5.33. The molecule has 0 aromatic carbocycles. The average molecular weight is 219 g/mol. The molecule has 1 fully saturated rings. The van der Waals surface area contributed by atoms with Gasteiger partial charge in [0.2, 0.25) is 0 Å². The van der Waals surface area contributed by atoms with E-state index in [9.17, 15) is 4.21 Å². The number of hydrogen-bond donors (Lipinski definition) is 1. The van der Waals surface area contributed by atoms with Crippen LogP contribution in [0.3, 0.4) is 0 Å². The molecule has 4 heteroatoms. The van der Waals surface area contributed by atoms with Crippen LogP contribution in [0.1, 0.15) is 26.2 Å². The molecule has 0 aliphatic carbocycles. The molecule has 1 N–H and O–H groups in total. The zero-order valence-corrected chi connectivity index (χ0v) is 9.94. The second kappa shape index (κ2) is 6.53. The first kappa shape index (κ1) is 12.1. The van der Waals surface area contributed by atoms with E-state index in [1.165, 1.54) is 12.8 Å². The fraction of sp³-hybridized carbons (Fsp3) is 1.00. The smallest absolute Gasteiger partial charge is 0.0700 e. The van der Waals surface area contributed by atoms with Gasteiger partial charge < -0.3 is 10.1 Å². The molecule has 1 saturated heterocycles. The van der Waals surface area contributed by atoms with E-state index in [2.05, 4.69) is 12.2 Å². The fourth-order valence-corrected chi connectivity index (χ4v) is 2.27. The number of hydrogen-bond acceptors (Lipinski definition) is 3. The molecule has 1 heterocycles. The Labute approximate surface area is 89.1 Å². The third kappa shape index (κ3) is 5.08. The van der Waals surface area contributed by atoms with E-state index in [1.807, 2.05) is 0 Å². The van der Waals surface area contributed by atoms with Gasteiger partial charge in [0.15, 0.2) is 0 Å². The summed E-state index contributed by atoms with van der Waals surface area (Å²) in [6.45, 7) is 4.00. The average Bonchev–Trinajstić information content (AvgIpc) is 2.63. The van der Waals surface area contributed by atoms with Crippen LogP contribution in [0.25, 0.3) is 0 Å². The van der Waals surface area contributed by atoms with E-state index >= 15 is 0 Å². The standard InChI is InChI=1S/C10H21NO2S/c1-9(5-7-14(2)12)11-8-10-4-3-6-13-10/h9-11H,3-8H2,1-2H3. The predicted octanol–water partition coefficient (Wildman–Crippen LogP) is 0.912. The van der Waals surface area contributed by atoms with Crippen molar-refractivity contribution in [3.05, 3.63) is 0 Å². The molecule has 14 heavy (non-hydrogen) atoms. The Morgan fingerprint density at radius 2 is 2.43 bits per heavy atom. The van der Waals surface area contributed by atoms with Gasteiger partial charge in [-0.25, -0.2) is 0 Å². The van der Waals surface area contributed by atoms with Crippen LogP contribution in [0.2, 0.25) is 0 Å². The van der Waals surface area contributed by atoms with Crippen molar-refractivity contribution in [1.82, 2.24) is 5.32 Å². The highest BCUT2D eigenvalue weighted by Gasteiger charge is 2.15. The Bertz CT molecular complexity index is 181. The molecule has 3 atom stereocenters. The highest BCUT2D eigenvalue weighted by Crippen LogP contribution is 2.10. The molecule has 84 valence electrons. The van der Waals surface area contributed by atoms with Gasteiger partial charge in [0.05, 0.1) is 6.10 Å². The highest BCUT2D eigenvalue weighted by atomic mass is 32.2. The molecule has 1 aliphatic heterocycles. The maximum Gasteiger partial charge on any atom is 0.0700 e. The van der Waals surface area contributed by atoms with E-state index in [0.717, 1.165) is 25.3 Å². The number of rotatable bonds is 6. The van der Waals surface area contributed by atoms with Crippen LogP contribution in [0.15, 0.2) is 0 Å². The quantitative estimate of drug-likeness (QED) is 0.722. The number of ether oxygens (including phenoxy) is 1. The Kier molecular flexibility index (Phi) is 5.67. The van der Waals surface area contributed by atoms with Gasteiger partial charge in [-0.2, -0.15) is 0 Å². The Balaban J connectivity index is 2.02. The summed E-state index contributed by atoms with van der Waals surface area (Å²) in [6, 6.07) is 0.447. The summed E-state index contributed by atoms with van der Waals surface area (Å²) in [5.41, 5.74) is 0. The van der Waals surface area contributed by atoms with E-state index < -0.39 is 10.8 Å². The lowest BCUT2D eigenvalue weighted by molar-refractivity contribution is 0.108. The molecule has 3 nitrogen and oxygen atoms in total. The molecule has 0 spiro atoms. The zero-order chi connectivity index (χ0) is 10.4. The molecule has 1 rings (SSSR count). The summed E-state index contributed by atoms with van der Waals surface area (Å²) in [4.78, 5) is 0. The van der Waals surface area contributed by atoms with Crippen molar-refractivity contribution in [2.45, 2.75) is 38.3 Å². The van der Waals surface area contributed by atoms with Gasteiger partial charge in [-0.3, -0.25) is 4.21 Å². The van der Waals surface area contributed by atoms with Gasteiger partial charge in [0.25, 0.3) is 0 Å². The topological polar surface area (TPSA) is 38.3 Å². The molecule has 0 aromatic rings. The van der Waals surface area contributed by atoms with Gasteiger partial charge in [-0.15, -0.1) is 0 Å². The molecule has 0 amide bonds. The maximum atomic E-state index is 10.9. The van der Waals surface area contributed by atoms with Crippen LogP contribution < -0.4 is 5.32 Å². The van der Waals surface area contributed by atoms with Gasteiger partial charge in [-0.05, 0) is 26.2 Å². The van der Waals surface area contributed by atoms with Crippen molar-refractivity contribution in [2.24, 2.45) is 0 Å². The fourth-order valence-electron chi connectivity index (χ4n) is 1.58. The van der Waals surface area contributed by atoms with Crippen LogP contribution in [0.4, 0.5) is 0 Å². The summed E-state index contributed by atoms with van der Waals surface area (Å²) in [6.07, 6.45) is 5.52. The molecule has 1 aliphatic rings. The van der Waals surface area contributed by atoms with Crippen LogP contribution in [0, 0.1) is 0 Å². The first-order chi connectivity index (χ1) is 6.68. The maximum absolute atomic E-state index is 10.9. The summed E-state index contributed by atoms with van der Waals surface area (Å²) >= 11 is 0. The third-order valence-electron chi connectivity index (χ3n) is 2.56. The SMILES string of the molecule is CC(CCS(C)=O)NCC1CCCO1. The van der Waals surface area contributed by atoms with Gasteiger partial charge in [-0.1, -0.05) is 0 Å². The lowest BCUT2D eigenvalue weighted by Crippen LogP contribution is -2.34. The lowest BCUT2D eigenvalue weighted by Gasteiger charge is -2.16. The van der Waals surface area contributed by atoms with E-state index in [-0.39, 0.29) is 0 Å². The monoisotopic (exact) mass is 219 g/mol. The first-order valence-corrected chi connectivity index (χ1v) is 7.06. The minimum Gasteiger partial charge on any atom is -0.377 e. The van der Waals surface area contributed by atoms with Crippen molar-refractivity contribution < 1.29 is 8.95 Å². The van der Waals surface area contributed by atoms with Crippen molar-refractivity contribution in [3.8, 4) is 0 Å². The van der Waals surface area contributed by atoms with Crippen LogP contribution >= 0.6 is 0 Å². The van der Waals surface area contributed by atoms with E-state index in [0.29, 0.717) is 12.1 Å². The second-order valence-electron chi connectivity index (χ2n) is 4.01. The molecule has 0 bridgehead atoms. The molecular weight excluding hydrogens is 198 g/mol. The molecule has 0 radical (unpaired) electrons. The van der Waals surface area contributed by atoms with Crippen LogP contribution in [0.5, 0.6) is 0 Å². The molecule has 0 aromatic heterocycles. The highest BCUT2D eigenvalue weighted by molar-refractivity contribution is 7.84. The number of nitrogens with one attached hydrogen (secondary N) is 1. The molecule has 0 saturated carbocycles. The minimum absolute atomic E-state index is 0.407. The largest absolute Gasteiger partial charge is 0.377 e. The van der Waals surface area contributed by atoms with Crippen molar-refractivity contribution >= 4 is 10.8 Å². The summed E-state index contributed by atoms with van der Waals surface area (Å²) in [5.74, 6) is 0.791. The summed E-state index contributed by atoms with van der Waals surface area (Å²) in [7, 11) is -0.663. The van der Waals surface area contributed by atoms with Crippen molar-refractivity contribution in [1.29, 1.82) is 0 Å². The van der Waals surface area contributed by atoms with Gasteiger partial charge in [0.1, 0.15) is 0 Å². The predicted molar refractivity (Wildman–Crippen MR) is 60.0 cm³/mol. The van der Waals surface area contributed by atoms with E-state index in [4.69, 9.17) is 4.74 Å². The summed E-state index contributed by atoms with van der Waals surface area (Å²) < 4.78 is 16.4. The van der Waals surface area contributed by atoms with Gasteiger partial charge >= 0.3 is 0 Å². The minimum atomic E-state index is -0.663. The van der Waals surface area contributed by atoms with Crippen LogP contribution in [-0.4, -0.2) is 41.5 Å². The molecular formula is C10H21NO2S. The second-order valence-corrected chi connectivity index (χ2v) is 5.56. The zero-order valence-electron chi connectivity index (χ0n) is 9.12. The van der Waals surface area contributed by atoms with Crippen molar-refractivity contribution in [2.75, 3.05) is 25.2 Å². The van der Waals surface area contributed by atoms with Crippen molar-refractivity contribution in [3.63, 3.8) is 0 Å². The van der Waals surface area contributed by atoms with E-state index in [1.54, 1.807) is 6.26 Å². The lowest BCUT2D eigenvalue weighted by atomic mass is 10.2. The Hall–Kier alpha value is 0.0700. The summed E-state index contributed by atoms with van der Waals surface area (Å²) in [5, 5.41) is 3.42. The van der Waals surface area contributed by atoms with Crippen LogP contribution in [-0.2, 0) is 15.5 Å².